The number of hydrogen-bond donors (Lipinski definition) is 0. The standard InChI is InChI=1S/C12H15N3O/c1-9-3-4-10(7-13)12(14-9)15-6-5-11(8-15)16-2/h3-4,11H,5-6,8H2,1-2H3. The Kier molecular flexibility index (Phi) is 3.07. The van der Waals surface area contributed by atoms with Gasteiger partial charge in [0, 0.05) is 25.9 Å². The van der Waals surface area contributed by atoms with E-state index in [1.165, 1.54) is 0 Å². The van der Waals surface area contributed by atoms with Gasteiger partial charge < -0.3 is 9.64 Å². The number of ether oxygens (including phenoxy) is 1. The summed E-state index contributed by atoms with van der Waals surface area (Å²) in [5.41, 5.74) is 1.58. The van der Waals surface area contributed by atoms with E-state index in [4.69, 9.17) is 10.00 Å². The molecule has 0 saturated carbocycles. The minimum absolute atomic E-state index is 0.258. The van der Waals surface area contributed by atoms with Crippen LogP contribution >= 0.6 is 0 Å². The van der Waals surface area contributed by atoms with Crippen molar-refractivity contribution in [1.29, 1.82) is 5.26 Å². The van der Waals surface area contributed by atoms with E-state index in [1.54, 1.807) is 7.11 Å². The molecule has 84 valence electrons. The zero-order chi connectivity index (χ0) is 11.5. The molecule has 4 heteroatoms. The number of methoxy groups -OCH3 is 1. The minimum Gasteiger partial charge on any atom is -0.380 e. The highest BCUT2D eigenvalue weighted by atomic mass is 16.5. The van der Waals surface area contributed by atoms with Crippen molar-refractivity contribution in [2.75, 3.05) is 25.1 Å². The van der Waals surface area contributed by atoms with Crippen LogP contribution in [0.15, 0.2) is 12.1 Å². The Balaban J connectivity index is 2.27. The van der Waals surface area contributed by atoms with Gasteiger partial charge in [-0.1, -0.05) is 0 Å². The Labute approximate surface area is 95.5 Å². The summed E-state index contributed by atoms with van der Waals surface area (Å²) in [6, 6.07) is 5.89. The van der Waals surface area contributed by atoms with Crippen LogP contribution < -0.4 is 4.90 Å². The average molecular weight is 217 g/mol. The first-order chi connectivity index (χ1) is 7.74. The topological polar surface area (TPSA) is 49.1 Å². The van der Waals surface area contributed by atoms with Crippen LogP contribution in [0.5, 0.6) is 0 Å². The van der Waals surface area contributed by atoms with Gasteiger partial charge in [-0.2, -0.15) is 5.26 Å². The Morgan fingerprint density at radius 3 is 3.00 bits per heavy atom. The molecule has 16 heavy (non-hydrogen) atoms. The molecular formula is C12H15N3O. The highest BCUT2D eigenvalue weighted by Gasteiger charge is 2.24. The molecule has 1 fully saturated rings. The zero-order valence-electron chi connectivity index (χ0n) is 9.60. The molecule has 1 aliphatic rings. The van der Waals surface area contributed by atoms with Gasteiger partial charge in [-0.05, 0) is 25.5 Å². The van der Waals surface area contributed by atoms with Gasteiger partial charge in [0.05, 0.1) is 11.7 Å². The maximum absolute atomic E-state index is 9.04. The van der Waals surface area contributed by atoms with Gasteiger partial charge >= 0.3 is 0 Å². The van der Waals surface area contributed by atoms with Gasteiger partial charge in [0.25, 0.3) is 0 Å². The molecule has 1 atom stereocenters. The summed E-state index contributed by atoms with van der Waals surface area (Å²) in [5.74, 6) is 0.794. The second kappa shape index (κ2) is 4.50. The number of nitrogens with zero attached hydrogens (tertiary/aromatic N) is 3. The molecule has 2 rings (SSSR count). The average Bonchev–Trinajstić information content (AvgIpc) is 2.77. The molecule has 0 aromatic carbocycles. The molecule has 0 bridgehead atoms. The maximum Gasteiger partial charge on any atom is 0.146 e. The number of aryl methyl sites for hydroxylation is 1. The molecule has 4 nitrogen and oxygen atoms in total. The van der Waals surface area contributed by atoms with Crippen LogP contribution in [0.1, 0.15) is 17.7 Å². The monoisotopic (exact) mass is 217 g/mol. The van der Waals surface area contributed by atoms with Gasteiger partial charge in [0.1, 0.15) is 11.9 Å². The van der Waals surface area contributed by atoms with Crippen molar-refractivity contribution in [3.05, 3.63) is 23.4 Å². The van der Waals surface area contributed by atoms with Crippen LogP contribution in [0.25, 0.3) is 0 Å². The Morgan fingerprint density at radius 2 is 2.38 bits per heavy atom. The number of anilines is 1. The van der Waals surface area contributed by atoms with E-state index in [1.807, 2.05) is 19.1 Å². The van der Waals surface area contributed by atoms with Crippen LogP contribution in [0.2, 0.25) is 0 Å². The molecule has 1 unspecified atom stereocenters. The van der Waals surface area contributed by atoms with E-state index < -0.39 is 0 Å². The van der Waals surface area contributed by atoms with E-state index in [9.17, 15) is 0 Å². The molecule has 1 aromatic rings. The second-order valence-corrected chi connectivity index (χ2v) is 4.03. The summed E-state index contributed by atoms with van der Waals surface area (Å²) in [6.45, 7) is 3.67. The van der Waals surface area contributed by atoms with E-state index >= 15 is 0 Å². The summed E-state index contributed by atoms with van der Waals surface area (Å²) >= 11 is 0. The SMILES string of the molecule is COC1CCN(c2nc(C)ccc2C#N)C1. The number of aromatic nitrogens is 1. The number of rotatable bonds is 2. The van der Waals surface area contributed by atoms with Crippen molar-refractivity contribution in [3.63, 3.8) is 0 Å². The van der Waals surface area contributed by atoms with Gasteiger partial charge in [-0.25, -0.2) is 4.98 Å². The third-order valence-electron chi connectivity index (χ3n) is 2.91. The molecule has 1 aliphatic heterocycles. The molecule has 0 amide bonds. The Morgan fingerprint density at radius 1 is 1.56 bits per heavy atom. The fourth-order valence-corrected chi connectivity index (χ4v) is 1.98. The smallest absolute Gasteiger partial charge is 0.146 e. The third-order valence-corrected chi connectivity index (χ3v) is 2.91. The Hall–Kier alpha value is -1.60. The molecule has 0 N–H and O–H groups in total. The number of pyridine rings is 1. The first-order valence-corrected chi connectivity index (χ1v) is 5.40. The molecule has 0 aliphatic carbocycles. The summed E-state index contributed by atoms with van der Waals surface area (Å²) in [4.78, 5) is 6.57. The largest absolute Gasteiger partial charge is 0.380 e. The van der Waals surface area contributed by atoms with Crippen molar-refractivity contribution in [1.82, 2.24) is 4.98 Å². The molecule has 1 aromatic heterocycles. The highest BCUT2D eigenvalue weighted by Crippen LogP contribution is 2.23. The van der Waals surface area contributed by atoms with E-state index in [0.29, 0.717) is 5.56 Å². The number of nitriles is 1. The lowest BCUT2D eigenvalue weighted by atomic mass is 10.2. The lowest BCUT2D eigenvalue weighted by Gasteiger charge is -2.18. The fraction of sp³-hybridized carbons (Fsp3) is 0.500. The van der Waals surface area contributed by atoms with Crippen LogP contribution in [0.4, 0.5) is 5.82 Å². The third kappa shape index (κ3) is 2.00. The van der Waals surface area contributed by atoms with E-state index in [2.05, 4.69) is 16.0 Å². The summed E-state index contributed by atoms with van der Waals surface area (Å²) in [5, 5.41) is 9.04. The van der Waals surface area contributed by atoms with Crippen LogP contribution in [-0.4, -0.2) is 31.3 Å². The van der Waals surface area contributed by atoms with Gasteiger partial charge in [-0.15, -0.1) is 0 Å². The number of hydrogen-bond acceptors (Lipinski definition) is 4. The minimum atomic E-state index is 0.258. The highest BCUT2D eigenvalue weighted by molar-refractivity contribution is 5.55. The Bertz CT molecular complexity index is 425. The first-order valence-electron chi connectivity index (χ1n) is 5.40. The first kappa shape index (κ1) is 10.9. The normalized spacial score (nSPS) is 19.8. The molecule has 2 heterocycles. The van der Waals surface area contributed by atoms with Crippen molar-refractivity contribution < 1.29 is 4.74 Å². The van der Waals surface area contributed by atoms with Crippen LogP contribution in [0.3, 0.4) is 0 Å². The maximum atomic E-state index is 9.04. The van der Waals surface area contributed by atoms with E-state index in [-0.39, 0.29) is 6.10 Å². The summed E-state index contributed by atoms with van der Waals surface area (Å²) in [6.07, 6.45) is 1.26. The second-order valence-electron chi connectivity index (χ2n) is 4.03. The molecule has 1 saturated heterocycles. The van der Waals surface area contributed by atoms with Gasteiger partial charge in [-0.3, -0.25) is 0 Å². The van der Waals surface area contributed by atoms with E-state index in [0.717, 1.165) is 31.0 Å². The quantitative estimate of drug-likeness (QED) is 0.753. The van der Waals surface area contributed by atoms with Gasteiger partial charge in [0.2, 0.25) is 0 Å². The summed E-state index contributed by atoms with van der Waals surface area (Å²) in [7, 11) is 1.73. The fourth-order valence-electron chi connectivity index (χ4n) is 1.98. The van der Waals surface area contributed by atoms with Crippen molar-refractivity contribution in [2.45, 2.75) is 19.4 Å². The van der Waals surface area contributed by atoms with Crippen molar-refractivity contribution in [3.8, 4) is 6.07 Å². The van der Waals surface area contributed by atoms with Gasteiger partial charge in [0.15, 0.2) is 0 Å². The lowest BCUT2D eigenvalue weighted by Crippen LogP contribution is -2.24. The molecule has 0 spiro atoms. The van der Waals surface area contributed by atoms with Crippen LogP contribution in [-0.2, 0) is 4.74 Å². The van der Waals surface area contributed by atoms with Crippen molar-refractivity contribution >= 4 is 5.82 Å². The predicted molar refractivity (Wildman–Crippen MR) is 61.3 cm³/mol. The lowest BCUT2D eigenvalue weighted by molar-refractivity contribution is 0.121. The zero-order valence-corrected chi connectivity index (χ0v) is 9.60. The molecule has 0 radical (unpaired) electrons. The predicted octanol–water partition coefficient (Wildman–Crippen LogP) is 1.49. The molecular weight excluding hydrogens is 202 g/mol. The summed E-state index contributed by atoms with van der Waals surface area (Å²) < 4.78 is 5.31. The van der Waals surface area contributed by atoms with Crippen molar-refractivity contribution in [2.24, 2.45) is 0 Å². The van der Waals surface area contributed by atoms with Crippen LogP contribution in [0, 0.1) is 18.3 Å².